The second-order valence-electron chi connectivity index (χ2n) is 8.94. The molecule has 1 aliphatic carbocycles. The summed E-state index contributed by atoms with van der Waals surface area (Å²) < 4.78 is 15.6. The highest BCUT2D eigenvalue weighted by atomic mass is 16.6. The van der Waals surface area contributed by atoms with Crippen molar-refractivity contribution in [3.8, 4) is 0 Å². The van der Waals surface area contributed by atoms with Crippen LogP contribution in [0.4, 0.5) is 0 Å². The molecule has 3 aliphatic rings. The average Bonchev–Trinajstić information content (AvgIpc) is 3.49. The van der Waals surface area contributed by atoms with Crippen molar-refractivity contribution in [1.82, 2.24) is 30.1 Å². The zero-order valence-corrected chi connectivity index (χ0v) is 17.7. The molecule has 3 fully saturated rings. The first-order valence-corrected chi connectivity index (χ1v) is 11.0. The molecule has 30 heavy (non-hydrogen) atoms. The molecule has 9 nitrogen and oxygen atoms in total. The van der Waals surface area contributed by atoms with Gasteiger partial charge in [-0.15, -0.1) is 5.10 Å². The first kappa shape index (κ1) is 19.7. The van der Waals surface area contributed by atoms with Crippen LogP contribution in [-0.4, -0.2) is 62.1 Å². The maximum absolute atomic E-state index is 12.7. The van der Waals surface area contributed by atoms with Crippen LogP contribution >= 0.6 is 0 Å². The second kappa shape index (κ2) is 8.11. The van der Waals surface area contributed by atoms with Crippen LogP contribution in [0.5, 0.6) is 0 Å². The van der Waals surface area contributed by atoms with Crippen LogP contribution in [0.1, 0.15) is 60.0 Å². The maximum Gasteiger partial charge on any atom is 0.269 e. The van der Waals surface area contributed by atoms with Crippen molar-refractivity contribution < 1.29 is 14.3 Å². The molecular formula is C21H30N6O3. The number of nitrogens with zero attached hydrogens (tertiary/aromatic N) is 5. The lowest BCUT2D eigenvalue weighted by atomic mass is 9.86. The van der Waals surface area contributed by atoms with Crippen molar-refractivity contribution in [1.29, 1.82) is 0 Å². The number of fused-ring (bicyclic) bond motifs is 1. The van der Waals surface area contributed by atoms with Gasteiger partial charge in [-0.1, -0.05) is 37.3 Å². The van der Waals surface area contributed by atoms with E-state index in [0.717, 1.165) is 23.7 Å². The number of hydrogen-bond donors (Lipinski definition) is 1. The van der Waals surface area contributed by atoms with Crippen molar-refractivity contribution in [2.24, 2.45) is 13.0 Å². The van der Waals surface area contributed by atoms with E-state index in [1.54, 1.807) is 17.8 Å². The Morgan fingerprint density at radius 3 is 2.77 bits per heavy atom. The molecule has 1 saturated carbocycles. The van der Waals surface area contributed by atoms with Crippen molar-refractivity contribution in [2.75, 3.05) is 13.2 Å². The third-order valence-electron chi connectivity index (χ3n) is 6.70. The standard InChI is InChI=1S/C21H30N6O3/c1-13-8-17(26(2)24-13)21(28)22-16-11-29-20-18(12-30-19(16)20)27-10-15(23-25-27)9-14-6-4-3-5-7-14/h8,10,14,16,18-20H,3-7,9,11-12H2,1-2H3,(H,22,28). The molecule has 0 radical (unpaired) electrons. The molecule has 2 aliphatic heterocycles. The minimum Gasteiger partial charge on any atom is -0.371 e. The summed E-state index contributed by atoms with van der Waals surface area (Å²) >= 11 is 0. The van der Waals surface area contributed by atoms with Crippen molar-refractivity contribution in [3.63, 3.8) is 0 Å². The van der Waals surface area contributed by atoms with Gasteiger partial charge < -0.3 is 14.8 Å². The van der Waals surface area contributed by atoms with E-state index in [2.05, 4.69) is 26.9 Å². The van der Waals surface area contributed by atoms with E-state index in [-0.39, 0.29) is 30.2 Å². The highest BCUT2D eigenvalue weighted by molar-refractivity contribution is 5.92. The normalized spacial score (nSPS) is 29.3. The minimum absolute atomic E-state index is 0.0107. The van der Waals surface area contributed by atoms with Crippen molar-refractivity contribution in [2.45, 2.75) is 69.7 Å². The van der Waals surface area contributed by atoms with Crippen LogP contribution in [0.15, 0.2) is 12.3 Å². The van der Waals surface area contributed by atoms with Gasteiger partial charge in [-0.05, 0) is 25.3 Å². The maximum atomic E-state index is 12.7. The third kappa shape index (κ3) is 3.76. The largest absolute Gasteiger partial charge is 0.371 e. The summed E-state index contributed by atoms with van der Waals surface area (Å²) in [6.07, 6.45) is 9.36. The summed E-state index contributed by atoms with van der Waals surface area (Å²) in [5.74, 6) is 0.573. The van der Waals surface area contributed by atoms with Gasteiger partial charge in [0.1, 0.15) is 23.9 Å². The van der Waals surface area contributed by atoms with Crippen molar-refractivity contribution in [3.05, 3.63) is 29.3 Å². The number of aryl methyl sites for hydroxylation is 2. The zero-order chi connectivity index (χ0) is 20.7. The summed E-state index contributed by atoms with van der Waals surface area (Å²) in [6, 6.07) is 1.58. The molecule has 4 heterocycles. The Labute approximate surface area is 176 Å². The van der Waals surface area contributed by atoms with E-state index in [0.29, 0.717) is 18.9 Å². The van der Waals surface area contributed by atoms with Crippen LogP contribution < -0.4 is 5.32 Å². The van der Waals surface area contributed by atoms with Crippen LogP contribution in [-0.2, 0) is 22.9 Å². The molecule has 0 bridgehead atoms. The molecular weight excluding hydrogens is 384 g/mol. The number of rotatable bonds is 5. The monoisotopic (exact) mass is 414 g/mol. The van der Waals surface area contributed by atoms with E-state index < -0.39 is 0 Å². The Hall–Kier alpha value is -2.26. The molecule has 5 rings (SSSR count). The Kier molecular flexibility index (Phi) is 5.32. The van der Waals surface area contributed by atoms with Gasteiger partial charge >= 0.3 is 0 Å². The summed E-state index contributed by atoms with van der Waals surface area (Å²) in [7, 11) is 1.77. The zero-order valence-electron chi connectivity index (χ0n) is 17.7. The first-order valence-electron chi connectivity index (χ1n) is 11.0. The Morgan fingerprint density at radius 2 is 2.00 bits per heavy atom. The van der Waals surface area contributed by atoms with Gasteiger partial charge in [-0.25, -0.2) is 4.68 Å². The van der Waals surface area contributed by atoms with Gasteiger partial charge in [0.2, 0.25) is 0 Å². The van der Waals surface area contributed by atoms with Crippen LogP contribution in [0, 0.1) is 12.8 Å². The Bertz CT molecular complexity index is 902. The number of carbonyl (C=O) groups is 1. The minimum atomic E-state index is -0.187. The van der Waals surface area contributed by atoms with Crippen LogP contribution in [0.25, 0.3) is 0 Å². The van der Waals surface area contributed by atoms with Crippen LogP contribution in [0.3, 0.4) is 0 Å². The lowest BCUT2D eigenvalue weighted by molar-refractivity contribution is 0.0613. The Morgan fingerprint density at radius 1 is 1.20 bits per heavy atom. The molecule has 1 amide bonds. The highest BCUT2D eigenvalue weighted by Crippen LogP contribution is 2.34. The molecule has 2 aromatic rings. The molecule has 0 aromatic carbocycles. The molecule has 0 spiro atoms. The predicted octanol–water partition coefficient (Wildman–Crippen LogP) is 1.58. The summed E-state index contributed by atoms with van der Waals surface area (Å²) in [6.45, 7) is 2.81. The number of ether oxygens (including phenoxy) is 2. The van der Waals surface area contributed by atoms with Crippen LogP contribution in [0.2, 0.25) is 0 Å². The fraction of sp³-hybridized carbons (Fsp3) is 0.714. The van der Waals surface area contributed by atoms with Crippen molar-refractivity contribution >= 4 is 5.91 Å². The molecule has 1 N–H and O–H groups in total. The summed E-state index contributed by atoms with van der Waals surface area (Å²) in [5, 5.41) is 16.1. The lowest BCUT2D eigenvalue weighted by Crippen LogP contribution is -2.44. The average molecular weight is 415 g/mol. The highest BCUT2D eigenvalue weighted by Gasteiger charge is 2.49. The number of nitrogens with one attached hydrogen (secondary N) is 1. The quantitative estimate of drug-likeness (QED) is 0.798. The van der Waals surface area contributed by atoms with Gasteiger partial charge in [-0.2, -0.15) is 5.10 Å². The number of aromatic nitrogens is 5. The van der Waals surface area contributed by atoms with Gasteiger partial charge in [0.05, 0.1) is 30.6 Å². The SMILES string of the molecule is Cc1cc(C(=O)NC2COC3C2OCC3n2cc(CC3CCCCC3)nn2)n(C)n1. The third-order valence-corrected chi connectivity index (χ3v) is 6.70. The fourth-order valence-electron chi connectivity index (χ4n) is 5.15. The first-order chi connectivity index (χ1) is 14.6. The number of carbonyl (C=O) groups excluding carboxylic acids is 1. The van der Waals surface area contributed by atoms with Gasteiger partial charge in [0.15, 0.2) is 0 Å². The molecule has 4 atom stereocenters. The molecule has 2 aromatic heterocycles. The van der Waals surface area contributed by atoms with E-state index in [9.17, 15) is 4.79 Å². The van der Waals surface area contributed by atoms with E-state index in [1.807, 2.05) is 11.6 Å². The van der Waals surface area contributed by atoms with E-state index >= 15 is 0 Å². The van der Waals surface area contributed by atoms with E-state index in [4.69, 9.17) is 9.47 Å². The number of amides is 1. The van der Waals surface area contributed by atoms with Gasteiger partial charge in [-0.3, -0.25) is 9.48 Å². The Balaban J connectivity index is 1.21. The summed E-state index contributed by atoms with van der Waals surface area (Å²) in [5.41, 5.74) is 2.41. The molecule has 162 valence electrons. The molecule has 4 unspecified atom stereocenters. The topological polar surface area (TPSA) is 96.1 Å². The summed E-state index contributed by atoms with van der Waals surface area (Å²) in [4.78, 5) is 12.7. The molecule has 9 heteroatoms. The lowest BCUT2D eigenvalue weighted by Gasteiger charge is -2.20. The number of hydrogen-bond acceptors (Lipinski definition) is 6. The second-order valence-corrected chi connectivity index (χ2v) is 8.94. The van der Waals surface area contributed by atoms with E-state index in [1.165, 1.54) is 32.1 Å². The smallest absolute Gasteiger partial charge is 0.269 e. The van der Waals surface area contributed by atoms with Gasteiger partial charge in [0, 0.05) is 13.2 Å². The van der Waals surface area contributed by atoms with Gasteiger partial charge in [0.25, 0.3) is 5.91 Å². The fourth-order valence-corrected chi connectivity index (χ4v) is 5.15. The molecule has 2 saturated heterocycles. The predicted molar refractivity (Wildman–Crippen MR) is 108 cm³/mol.